The quantitative estimate of drug-likeness (QED) is 0.576. The number of rotatable bonds is 7. The summed E-state index contributed by atoms with van der Waals surface area (Å²) in [4.78, 5) is 32.5. The number of aromatic nitrogens is 1. The van der Waals surface area contributed by atoms with Crippen molar-refractivity contribution in [3.63, 3.8) is 0 Å². The first-order valence-electron chi connectivity index (χ1n) is 10.5. The molecule has 8 heteroatoms. The lowest BCUT2D eigenvalue weighted by Gasteiger charge is -2.29. The van der Waals surface area contributed by atoms with Gasteiger partial charge in [-0.2, -0.15) is 0 Å². The molecule has 0 bridgehead atoms. The Bertz CT molecular complexity index is 1110. The lowest BCUT2D eigenvalue weighted by molar-refractivity contribution is -0.125. The minimum Gasteiger partial charge on any atom is -0.493 e. The molecule has 1 N–H and O–H groups in total. The molecular weight excluding hydrogens is 438 g/mol. The molecule has 1 fully saturated rings. The van der Waals surface area contributed by atoms with Gasteiger partial charge in [0, 0.05) is 30.3 Å². The van der Waals surface area contributed by atoms with E-state index < -0.39 is 6.04 Å². The van der Waals surface area contributed by atoms with Crippen LogP contribution in [0.2, 0.25) is 0 Å². The molecule has 2 heterocycles. The molecule has 170 valence electrons. The highest BCUT2D eigenvalue weighted by Gasteiger charge is 2.42. The Morgan fingerprint density at radius 1 is 1.06 bits per heavy atom. The zero-order chi connectivity index (χ0) is 23.2. The van der Waals surface area contributed by atoms with Gasteiger partial charge in [0.2, 0.25) is 5.91 Å². The van der Waals surface area contributed by atoms with Crippen LogP contribution < -0.4 is 14.8 Å². The van der Waals surface area contributed by atoms with Gasteiger partial charge in [0.05, 0.1) is 14.2 Å². The fraction of sp³-hybridized carbons (Fsp3) is 0.240. The zero-order valence-corrected chi connectivity index (χ0v) is 19.2. The third-order valence-corrected chi connectivity index (χ3v) is 6.76. The van der Waals surface area contributed by atoms with E-state index in [0.717, 1.165) is 11.1 Å². The monoisotopic (exact) mass is 463 g/mol. The number of benzene rings is 2. The van der Waals surface area contributed by atoms with Crippen LogP contribution in [0, 0.1) is 0 Å². The molecule has 0 saturated carbocycles. The highest BCUT2D eigenvalue weighted by molar-refractivity contribution is 7.99. The van der Waals surface area contributed by atoms with Crippen LogP contribution in [0.5, 0.6) is 11.5 Å². The van der Waals surface area contributed by atoms with E-state index in [0.29, 0.717) is 29.4 Å². The molecule has 0 spiro atoms. The molecule has 2 aromatic carbocycles. The van der Waals surface area contributed by atoms with E-state index in [4.69, 9.17) is 9.47 Å². The van der Waals surface area contributed by atoms with E-state index in [1.165, 1.54) is 0 Å². The van der Waals surface area contributed by atoms with Crippen molar-refractivity contribution >= 4 is 23.6 Å². The Morgan fingerprint density at radius 2 is 1.85 bits per heavy atom. The number of hydrogen-bond acceptors (Lipinski definition) is 6. The van der Waals surface area contributed by atoms with Gasteiger partial charge in [-0.15, -0.1) is 11.8 Å². The fourth-order valence-electron chi connectivity index (χ4n) is 3.76. The molecule has 3 aromatic rings. The molecule has 2 atom stereocenters. The Morgan fingerprint density at radius 3 is 2.55 bits per heavy atom. The highest BCUT2D eigenvalue weighted by Crippen LogP contribution is 2.44. The maximum Gasteiger partial charge on any atom is 0.255 e. The summed E-state index contributed by atoms with van der Waals surface area (Å²) in [6.45, 7) is 0.349. The molecular formula is C25H25N3O4S. The van der Waals surface area contributed by atoms with E-state index in [9.17, 15) is 9.59 Å². The number of hydrogen-bond donors (Lipinski definition) is 1. The first kappa shape index (κ1) is 22.7. The molecule has 0 aliphatic carbocycles. The van der Waals surface area contributed by atoms with Crippen LogP contribution in [0.3, 0.4) is 0 Å². The number of nitrogens with one attached hydrogen (secondary N) is 1. The number of thioether (sulfide) groups is 1. The normalized spacial score (nSPS) is 17.5. The van der Waals surface area contributed by atoms with Gasteiger partial charge in [-0.1, -0.05) is 30.3 Å². The topological polar surface area (TPSA) is 80.8 Å². The Hall–Kier alpha value is -3.52. The first-order valence-corrected chi connectivity index (χ1v) is 11.5. The average molecular weight is 464 g/mol. The van der Waals surface area contributed by atoms with Gasteiger partial charge in [-0.25, -0.2) is 0 Å². The Labute approximate surface area is 197 Å². The summed E-state index contributed by atoms with van der Waals surface area (Å²) < 4.78 is 10.8. The molecule has 33 heavy (non-hydrogen) atoms. The minimum atomic E-state index is -0.613. The van der Waals surface area contributed by atoms with Crippen LogP contribution in [0.25, 0.3) is 0 Å². The summed E-state index contributed by atoms with van der Waals surface area (Å²) in [5.41, 5.74) is 2.30. The number of amides is 2. The number of ether oxygens (including phenoxy) is 2. The third kappa shape index (κ3) is 4.96. The van der Waals surface area contributed by atoms with Crippen LogP contribution in [0.15, 0.2) is 73.1 Å². The van der Waals surface area contributed by atoms with Crippen molar-refractivity contribution in [2.24, 2.45) is 0 Å². The van der Waals surface area contributed by atoms with Gasteiger partial charge in [-0.05, 0) is 41.5 Å². The van der Waals surface area contributed by atoms with Gasteiger partial charge >= 0.3 is 0 Å². The van der Waals surface area contributed by atoms with Crippen molar-refractivity contribution in [1.82, 2.24) is 15.2 Å². The van der Waals surface area contributed by atoms with Crippen molar-refractivity contribution < 1.29 is 19.1 Å². The van der Waals surface area contributed by atoms with E-state index in [-0.39, 0.29) is 17.2 Å². The minimum absolute atomic E-state index is 0.193. The standard InChI is InChI=1S/C25H25N3O4S/c1-31-21-11-10-19(13-22(21)32-2)25-28(24(30)18-8-4-3-5-9-18)20(16-33-25)23(29)27-15-17-7-6-12-26-14-17/h3-14,20,25H,15-16H2,1-2H3,(H,27,29). The number of pyridine rings is 1. The molecule has 1 saturated heterocycles. The molecule has 2 amide bonds. The molecule has 7 nitrogen and oxygen atoms in total. The van der Waals surface area contributed by atoms with E-state index in [1.807, 2.05) is 48.5 Å². The number of carbonyl (C=O) groups excluding carboxylic acids is 2. The smallest absolute Gasteiger partial charge is 0.255 e. The Kier molecular flexibility index (Phi) is 7.14. The largest absolute Gasteiger partial charge is 0.493 e. The van der Waals surface area contributed by atoms with Crippen LogP contribution >= 0.6 is 11.8 Å². The molecule has 1 aliphatic rings. The van der Waals surface area contributed by atoms with Crippen molar-refractivity contribution in [1.29, 1.82) is 0 Å². The van der Waals surface area contributed by atoms with E-state index >= 15 is 0 Å². The van der Waals surface area contributed by atoms with Gasteiger partial charge in [0.25, 0.3) is 5.91 Å². The van der Waals surface area contributed by atoms with Crippen molar-refractivity contribution in [2.45, 2.75) is 18.0 Å². The van der Waals surface area contributed by atoms with Gasteiger partial charge in [-0.3, -0.25) is 14.6 Å². The van der Waals surface area contributed by atoms with E-state index in [2.05, 4.69) is 10.3 Å². The van der Waals surface area contributed by atoms with Crippen molar-refractivity contribution in [2.75, 3.05) is 20.0 Å². The van der Waals surface area contributed by atoms with Crippen LogP contribution in [0.4, 0.5) is 0 Å². The predicted octanol–water partition coefficient (Wildman–Crippen LogP) is 3.67. The second kappa shape index (κ2) is 10.4. The number of carbonyl (C=O) groups is 2. The Balaban J connectivity index is 1.63. The lowest BCUT2D eigenvalue weighted by Crippen LogP contribution is -2.47. The second-order valence-corrected chi connectivity index (χ2v) is 8.59. The van der Waals surface area contributed by atoms with Crippen LogP contribution in [-0.4, -0.2) is 47.7 Å². The maximum absolute atomic E-state index is 13.6. The average Bonchev–Trinajstić information content (AvgIpc) is 3.32. The lowest BCUT2D eigenvalue weighted by atomic mass is 10.1. The van der Waals surface area contributed by atoms with E-state index in [1.54, 1.807) is 55.4 Å². The zero-order valence-electron chi connectivity index (χ0n) is 18.4. The summed E-state index contributed by atoms with van der Waals surface area (Å²) in [5.74, 6) is 1.28. The summed E-state index contributed by atoms with van der Waals surface area (Å²) in [6.07, 6.45) is 3.40. The van der Waals surface area contributed by atoms with Crippen LogP contribution in [0.1, 0.15) is 26.9 Å². The molecule has 4 rings (SSSR count). The predicted molar refractivity (Wildman–Crippen MR) is 127 cm³/mol. The van der Waals surface area contributed by atoms with Gasteiger partial charge in [0.15, 0.2) is 11.5 Å². The highest BCUT2D eigenvalue weighted by atomic mass is 32.2. The summed E-state index contributed by atoms with van der Waals surface area (Å²) >= 11 is 1.55. The van der Waals surface area contributed by atoms with Crippen LogP contribution in [-0.2, 0) is 11.3 Å². The molecule has 1 aliphatic heterocycles. The SMILES string of the molecule is COc1ccc(C2SCC(C(=O)NCc3cccnc3)N2C(=O)c2ccccc2)cc1OC. The maximum atomic E-state index is 13.6. The number of nitrogens with zero attached hydrogens (tertiary/aromatic N) is 2. The van der Waals surface area contributed by atoms with Gasteiger partial charge < -0.3 is 19.7 Å². The summed E-state index contributed by atoms with van der Waals surface area (Å²) in [7, 11) is 3.15. The summed E-state index contributed by atoms with van der Waals surface area (Å²) in [5, 5.41) is 2.62. The number of methoxy groups -OCH3 is 2. The summed E-state index contributed by atoms with van der Waals surface area (Å²) in [6, 6.07) is 17.7. The molecule has 1 aromatic heterocycles. The van der Waals surface area contributed by atoms with Crippen molar-refractivity contribution in [3.05, 3.63) is 89.7 Å². The second-order valence-electron chi connectivity index (χ2n) is 7.47. The van der Waals surface area contributed by atoms with Gasteiger partial charge in [0.1, 0.15) is 11.4 Å². The third-order valence-electron chi connectivity index (χ3n) is 5.44. The molecule has 2 unspecified atom stereocenters. The molecule has 0 radical (unpaired) electrons. The first-order chi connectivity index (χ1) is 16.1. The fourth-order valence-corrected chi connectivity index (χ4v) is 5.18. The van der Waals surface area contributed by atoms with Crippen molar-refractivity contribution in [3.8, 4) is 11.5 Å².